The summed E-state index contributed by atoms with van der Waals surface area (Å²) >= 11 is 0. The normalized spacial score (nSPS) is 25.3. The molecule has 0 unspecified atom stereocenters. The van der Waals surface area contributed by atoms with E-state index in [2.05, 4.69) is 0 Å². The van der Waals surface area contributed by atoms with Crippen LogP contribution in [0.4, 0.5) is 0 Å². The molecule has 4 heteroatoms. The lowest BCUT2D eigenvalue weighted by Crippen LogP contribution is -2.46. The van der Waals surface area contributed by atoms with Crippen molar-refractivity contribution in [3.05, 3.63) is 0 Å². The van der Waals surface area contributed by atoms with Gasteiger partial charge < -0.3 is 15.7 Å². The van der Waals surface area contributed by atoms with Gasteiger partial charge in [-0.1, -0.05) is 25.7 Å². The molecule has 2 rings (SSSR count). The summed E-state index contributed by atoms with van der Waals surface area (Å²) in [5.41, 5.74) is 5.29. The van der Waals surface area contributed by atoms with Crippen LogP contribution in [0.2, 0.25) is 0 Å². The zero-order valence-corrected chi connectivity index (χ0v) is 11.5. The summed E-state index contributed by atoms with van der Waals surface area (Å²) in [7, 11) is 1.79. The van der Waals surface area contributed by atoms with Crippen molar-refractivity contribution in [3.8, 4) is 0 Å². The fraction of sp³-hybridized carbons (Fsp3) is 0.929. The summed E-state index contributed by atoms with van der Waals surface area (Å²) in [6.45, 7) is 0.460. The average molecular weight is 254 g/mol. The van der Waals surface area contributed by atoms with Gasteiger partial charge in [-0.05, 0) is 25.7 Å². The van der Waals surface area contributed by atoms with E-state index in [4.69, 9.17) is 5.73 Å². The Morgan fingerprint density at radius 1 is 1.17 bits per heavy atom. The molecule has 2 fully saturated rings. The predicted octanol–water partition coefficient (Wildman–Crippen LogP) is 1.41. The Hall–Kier alpha value is -0.610. The molecule has 18 heavy (non-hydrogen) atoms. The van der Waals surface area contributed by atoms with Crippen molar-refractivity contribution in [1.82, 2.24) is 4.90 Å². The summed E-state index contributed by atoms with van der Waals surface area (Å²) in [5, 5.41) is 10.3. The van der Waals surface area contributed by atoms with Gasteiger partial charge in [-0.15, -0.1) is 0 Å². The number of rotatable bonds is 4. The molecule has 0 saturated heterocycles. The highest BCUT2D eigenvalue weighted by atomic mass is 16.3. The van der Waals surface area contributed by atoms with Crippen molar-refractivity contribution in [1.29, 1.82) is 0 Å². The van der Waals surface area contributed by atoms with E-state index in [1.807, 2.05) is 0 Å². The molecule has 3 N–H and O–H groups in total. The summed E-state index contributed by atoms with van der Waals surface area (Å²) in [4.78, 5) is 13.8. The Morgan fingerprint density at radius 3 is 2.22 bits per heavy atom. The number of aliphatic hydroxyl groups is 1. The molecule has 4 nitrogen and oxygen atoms in total. The highest BCUT2D eigenvalue weighted by molar-refractivity contribution is 5.77. The van der Waals surface area contributed by atoms with E-state index < -0.39 is 5.60 Å². The molecule has 2 aliphatic rings. The Kier molecular flexibility index (Phi) is 3.97. The van der Waals surface area contributed by atoms with Gasteiger partial charge in [0.05, 0.1) is 5.60 Å². The lowest BCUT2D eigenvalue weighted by Gasteiger charge is -2.31. The first-order chi connectivity index (χ1) is 8.43. The van der Waals surface area contributed by atoms with Crippen LogP contribution in [0.5, 0.6) is 0 Å². The Balaban J connectivity index is 1.84. The Bertz CT molecular complexity index is 305. The van der Waals surface area contributed by atoms with Crippen LogP contribution >= 0.6 is 0 Å². The van der Waals surface area contributed by atoms with Gasteiger partial charge in [0.2, 0.25) is 5.91 Å². The molecule has 0 aromatic carbocycles. The van der Waals surface area contributed by atoms with Crippen molar-refractivity contribution in [3.63, 3.8) is 0 Å². The second-order valence-electron chi connectivity index (χ2n) is 6.43. The van der Waals surface area contributed by atoms with Crippen LogP contribution in [0.1, 0.15) is 57.8 Å². The molecule has 0 aliphatic heterocycles. The molecule has 104 valence electrons. The van der Waals surface area contributed by atoms with E-state index in [-0.39, 0.29) is 11.4 Å². The van der Waals surface area contributed by atoms with Crippen molar-refractivity contribution < 1.29 is 9.90 Å². The highest BCUT2D eigenvalue weighted by Gasteiger charge is 2.36. The largest absolute Gasteiger partial charge is 0.388 e. The maximum atomic E-state index is 12.2. The zero-order chi connectivity index (χ0) is 13.2. The van der Waals surface area contributed by atoms with E-state index in [0.29, 0.717) is 13.0 Å². The van der Waals surface area contributed by atoms with Crippen LogP contribution in [0.15, 0.2) is 0 Å². The molecule has 1 amide bonds. The van der Waals surface area contributed by atoms with E-state index in [0.717, 1.165) is 51.4 Å². The van der Waals surface area contributed by atoms with Crippen LogP contribution in [-0.2, 0) is 4.79 Å². The number of likely N-dealkylation sites (N-methyl/N-ethyl adjacent to an activating group) is 1. The maximum Gasteiger partial charge on any atom is 0.224 e. The monoisotopic (exact) mass is 254 g/mol. The molecule has 0 radical (unpaired) electrons. The zero-order valence-electron chi connectivity index (χ0n) is 11.5. The lowest BCUT2D eigenvalue weighted by molar-refractivity contribution is -0.134. The fourth-order valence-electron chi connectivity index (χ4n) is 3.41. The van der Waals surface area contributed by atoms with Crippen LogP contribution < -0.4 is 5.73 Å². The molecular weight excluding hydrogens is 228 g/mol. The standard InChI is InChI=1S/C14H26N2O2/c1-16(11-14(18)8-4-5-9-14)12(17)10-13(15)6-2-3-7-13/h18H,2-11,15H2,1H3. The Labute approximate surface area is 110 Å². The molecule has 2 aliphatic carbocycles. The number of carbonyl (C=O) groups is 1. The molecule has 0 heterocycles. The number of nitrogens with zero attached hydrogens (tertiary/aromatic N) is 1. The third kappa shape index (κ3) is 3.23. The van der Waals surface area contributed by atoms with Gasteiger partial charge in [-0.25, -0.2) is 0 Å². The van der Waals surface area contributed by atoms with E-state index in [9.17, 15) is 9.90 Å². The second kappa shape index (κ2) is 5.17. The van der Waals surface area contributed by atoms with E-state index in [1.54, 1.807) is 11.9 Å². The number of hydrogen-bond donors (Lipinski definition) is 2. The second-order valence-corrected chi connectivity index (χ2v) is 6.43. The minimum atomic E-state index is -0.651. The molecule has 0 spiro atoms. The number of amides is 1. The van der Waals surface area contributed by atoms with Gasteiger partial charge in [0.15, 0.2) is 0 Å². The number of carbonyl (C=O) groups excluding carboxylic acids is 1. The van der Waals surface area contributed by atoms with Gasteiger partial charge >= 0.3 is 0 Å². The fourth-order valence-corrected chi connectivity index (χ4v) is 3.41. The molecule has 0 atom stereocenters. The van der Waals surface area contributed by atoms with Crippen molar-refractivity contribution in [2.45, 2.75) is 68.9 Å². The molecule has 0 aromatic heterocycles. The predicted molar refractivity (Wildman–Crippen MR) is 71.1 cm³/mol. The van der Waals surface area contributed by atoms with E-state index >= 15 is 0 Å². The van der Waals surface area contributed by atoms with Gasteiger partial charge in [0, 0.05) is 25.6 Å². The third-order valence-electron chi connectivity index (χ3n) is 4.59. The number of hydrogen-bond acceptors (Lipinski definition) is 3. The third-order valence-corrected chi connectivity index (χ3v) is 4.59. The molecular formula is C14H26N2O2. The van der Waals surface area contributed by atoms with Gasteiger partial charge in [-0.3, -0.25) is 4.79 Å². The van der Waals surface area contributed by atoms with Crippen LogP contribution in [0, 0.1) is 0 Å². The van der Waals surface area contributed by atoms with Crippen LogP contribution in [0.25, 0.3) is 0 Å². The first kappa shape index (κ1) is 13.8. The van der Waals surface area contributed by atoms with Gasteiger partial charge in [0.1, 0.15) is 0 Å². The Morgan fingerprint density at radius 2 is 1.67 bits per heavy atom. The van der Waals surface area contributed by atoms with Crippen molar-refractivity contribution >= 4 is 5.91 Å². The van der Waals surface area contributed by atoms with Crippen LogP contribution in [0.3, 0.4) is 0 Å². The highest BCUT2D eigenvalue weighted by Crippen LogP contribution is 2.32. The molecule has 2 saturated carbocycles. The maximum absolute atomic E-state index is 12.2. The summed E-state index contributed by atoms with van der Waals surface area (Å²) in [6, 6.07) is 0. The minimum Gasteiger partial charge on any atom is -0.388 e. The average Bonchev–Trinajstić information content (AvgIpc) is 2.88. The van der Waals surface area contributed by atoms with Crippen molar-refractivity contribution in [2.24, 2.45) is 5.73 Å². The molecule has 0 bridgehead atoms. The SMILES string of the molecule is CN(CC1(O)CCCC1)C(=O)CC1(N)CCCC1. The first-order valence-electron chi connectivity index (χ1n) is 7.18. The lowest BCUT2D eigenvalue weighted by atomic mass is 9.93. The van der Waals surface area contributed by atoms with Gasteiger partial charge in [-0.2, -0.15) is 0 Å². The summed E-state index contributed by atoms with van der Waals surface area (Å²) in [5.74, 6) is 0.0831. The number of nitrogens with two attached hydrogens (primary N) is 1. The smallest absolute Gasteiger partial charge is 0.224 e. The molecule has 0 aromatic rings. The van der Waals surface area contributed by atoms with Crippen molar-refractivity contribution in [2.75, 3.05) is 13.6 Å². The van der Waals surface area contributed by atoms with E-state index in [1.165, 1.54) is 0 Å². The van der Waals surface area contributed by atoms with Gasteiger partial charge in [0.25, 0.3) is 0 Å². The summed E-state index contributed by atoms with van der Waals surface area (Å²) < 4.78 is 0. The topological polar surface area (TPSA) is 66.6 Å². The minimum absolute atomic E-state index is 0.0831. The summed E-state index contributed by atoms with van der Waals surface area (Å²) in [6.07, 6.45) is 8.39. The quantitative estimate of drug-likeness (QED) is 0.797. The first-order valence-corrected chi connectivity index (χ1v) is 7.18. The van der Waals surface area contributed by atoms with Crippen LogP contribution in [-0.4, -0.2) is 40.6 Å².